The van der Waals surface area contributed by atoms with Gasteiger partial charge in [0.15, 0.2) is 11.5 Å². The molecule has 0 unspecified atom stereocenters. The highest BCUT2D eigenvalue weighted by molar-refractivity contribution is 5.47. The third-order valence-electron chi connectivity index (χ3n) is 4.46. The maximum absolute atomic E-state index is 9.62. The average molecular weight is 277 g/mol. The Morgan fingerprint density at radius 2 is 1.95 bits per heavy atom. The smallest absolute Gasteiger partial charge is 0.165 e. The van der Waals surface area contributed by atoms with Crippen LogP contribution in [0.5, 0.6) is 11.5 Å². The van der Waals surface area contributed by atoms with Crippen molar-refractivity contribution in [2.45, 2.75) is 32.2 Å². The average Bonchev–Trinajstić information content (AvgIpc) is 2.97. The molecule has 1 aliphatic heterocycles. The van der Waals surface area contributed by atoms with Gasteiger partial charge in [0.05, 0.1) is 0 Å². The van der Waals surface area contributed by atoms with Gasteiger partial charge in [-0.25, -0.2) is 0 Å². The van der Waals surface area contributed by atoms with Gasteiger partial charge in [0, 0.05) is 30.7 Å². The molecule has 2 aliphatic rings. The normalized spacial score (nSPS) is 20.1. The Bertz CT molecular complexity index is 455. The summed E-state index contributed by atoms with van der Waals surface area (Å²) in [5, 5.41) is 13.1. The quantitative estimate of drug-likeness (QED) is 0.865. The maximum atomic E-state index is 9.62. The molecule has 1 aromatic carbocycles. The van der Waals surface area contributed by atoms with Gasteiger partial charge in [-0.3, -0.25) is 0 Å². The molecule has 110 valence electrons. The summed E-state index contributed by atoms with van der Waals surface area (Å²) in [6.45, 7) is 3.15. The summed E-state index contributed by atoms with van der Waals surface area (Å²) < 4.78 is 11.3. The monoisotopic (exact) mass is 277 g/mol. The number of hydrogen-bond donors (Lipinski definition) is 2. The minimum Gasteiger partial charge on any atom is -0.486 e. The molecule has 20 heavy (non-hydrogen) atoms. The summed E-state index contributed by atoms with van der Waals surface area (Å²) in [5.74, 6) is 1.71. The summed E-state index contributed by atoms with van der Waals surface area (Å²) in [6, 6.07) is 6.02. The first kappa shape index (κ1) is 13.7. The molecule has 2 N–H and O–H groups in total. The van der Waals surface area contributed by atoms with Crippen molar-refractivity contribution < 1.29 is 14.6 Å². The SMILES string of the molecule is OCC1(CNCc2cccc3c2OCCO3)CCCC1. The zero-order valence-electron chi connectivity index (χ0n) is 11.9. The van der Waals surface area contributed by atoms with Crippen LogP contribution in [-0.4, -0.2) is 31.5 Å². The number of para-hydroxylation sites is 1. The van der Waals surface area contributed by atoms with Crippen molar-refractivity contribution in [3.05, 3.63) is 23.8 Å². The molecule has 0 spiro atoms. The highest BCUT2D eigenvalue weighted by atomic mass is 16.6. The highest BCUT2D eigenvalue weighted by Gasteiger charge is 2.32. The van der Waals surface area contributed by atoms with Crippen molar-refractivity contribution in [3.63, 3.8) is 0 Å². The molecule has 0 atom stereocenters. The molecule has 1 saturated carbocycles. The molecule has 0 bridgehead atoms. The van der Waals surface area contributed by atoms with Gasteiger partial charge in [0.1, 0.15) is 13.2 Å². The molecule has 1 fully saturated rings. The van der Waals surface area contributed by atoms with Crippen LogP contribution in [0.1, 0.15) is 31.2 Å². The molecular weight excluding hydrogens is 254 g/mol. The first-order valence-electron chi connectivity index (χ1n) is 7.52. The molecule has 0 amide bonds. The van der Waals surface area contributed by atoms with Crippen molar-refractivity contribution in [1.29, 1.82) is 0 Å². The second kappa shape index (κ2) is 6.02. The number of rotatable bonds is 5. The predicted octanol–water partition coefficient (Wildman–Crippen LogP) is 2.10. The summed E-state index contributed by atoms with van der Waals surface area (Å²) >= 11 is 0. The third kappa shape index (κ3) is 2.76. The summed E-state index contributed by atoms with van der Waals surface area (Å²) in [4.78, 5) is 0. The molecule has 4 heteroatoms. The van der Waals surface area contributed by atoms with Crippen LogP contribution in [-0.2, 0) is 6.54 Å². The molecule has 3 rings (SSSR count). The van der Waals surface area contributed by atoms with E-state index in [4.69, 9.17) is 9.47 Å². The molecular formula is C16H23NO3. The van der Waals surface area contributed by atoms with Gasteiger partial charge in [-0.2, -0.15) is 0 Å². The Morgan fingerprint density at radius 1 is 1.15 bits per heavy atom. The van der Waals surface area contributed by atoms with E-state index >= 15 is 0 Å². The van der Waals surface area contributed by atoms with E-state index < -0.39 is 0 Å². The van der Waals surface area contributed by atoms with E-state index in [-0.39, 0.29) is 12.0 Å². The van der Waals surface area contributed by atoms with Gasteiger partial charge < -0.3 is 19.9 Å². The van der Waals surface area contributed by atoms with Gasteiger partial charge in [-0.15, -0.1) is 0 Å². The van der Waals surface area contributed by atoms with E-state index in [0.29, 0.717) is 13.2 Å². The highest BCUT2D eigenvalue weighted by Crippen LogP contribution is 2.37. The number of hydrogen-bond acceptors (Lipinski definition) is 4. The minimum atomic E-state index is 0.0895. The fraction of sp³-hybridized carbons (Fsp3) is 0.625. The van der Waals surface area contributed by atoms with Gasteiger partial charge >= 0.3 is 0 Å². The first-order valence-corrected chi connectivity index (χ1v) is 7.52. The van der Waals surface area contributed by atoms with Crippen LogP contribution in [0, 0.1) is 5.41 Å². The van der Waals surface area contributed by atoms with Crippen molar-refractivity contribution >= 4 is 0 Å². The second-order valence-electron chi connectivity index (χ2n) is 5.91. The number of aliphatic hydroxyl groups excluding tert-OH is 1. The van der Waals surface area contributed by atoms with Crippen LogP contribution >= 0.6 is 0 Å². The largest absolute Gasteiger partial charge is 0.486 e. The van der Waals surface area contributed by atoms with Crippen molar-refractivity contribution in [3.8, 4) is 11.5 Å². The molecule has 1 aromatic rings. The summed E-state index contributed by atoms with van der Waals surface area (Å²) in [7, 11) is 0. The van der Waals surface area contributed by atoms with Crippen molar-refractivity contribution in [2.75, 3.05) is 26.4 Å². The van der Waals surface area contributed by atoms with E-state index in [9.17, 15) is 5.11 Å². The van der Waals surface area contributed by atoms with Gasteiger partial charge in [0.25, 0.3) is 0 Å². The van der Waals surface area contributed by atoms with Crippen LogP contribution in [0.2, 0.25) is 0 Å². The van der Waals surface area contributed by atoms with Gasteiger partial charge in [-0.05, 0) is 18.9 Å². The lowest BCUT2D eigenvalue weighted by Gasteiger charge is -2.27. The summed E-state index contributed by atoms with van der Waals surface area (Å²) in [6.07, 6.45) is 4.73. The second-order valence-corrected chi connectivity index (χ2v) is 5.91. The van der Waals surface area contributed by atoms with Crippen molar-refractivity contribution in [2.24, 2.45) is 5.41 Å². The molecule has 1 heterocycles. The Labute approximate surface area is 120 Å². The number of fused-ring (bicyclic) bond motifs is 1. The Morgan fingerprint density at radius 3 is 2.75 bits per heavy atom. The van der Waals surface area contributed by atoms with Gasteiger partial charge in [0.2, 0.25) is 0 Å². The van der Waals surface area contributed by atoms with Gasteiger partial charge in [-0.1, -0.05) is 25.0 Å². The standard InChI is InChI=1S/C16H23NO3/c18-12-16(6-1-2-7-16)11-17-10-13-4-3-5-14-15(13)20-9-8-19-14/h3-5,17-18H,1-2,6-12H2. The van der Waals surface area contributed by atoms with E-state index in [0.717, 1.165) is 43.0 Å². The van der Waals surface area contributed by atoms with E-state index in [2.05, 4.69) is 11.4 Å². The molecule has 1 aliphatic carbocycles. The Hall–Kier alpha value is -1.26. The lowest BCUT2D eigenvalue weighted by molar-refractivity contribution is 0.127. The first-order chi connectivity index (χ1) is 9.83. The lowest BCUT2D eigenvalue weighted by Crippen LogP contribution is -2.35. The fourth-order valence-electron chi connectivity index (χ4n) is 3.25. The van der Waals surface area contributed by atoms with Crippen molar-refractivity contribution in [1.82, 2.24) is 5.32 Å². The summed E-state index contributed by atoms with van der Waals surface area (Å²) in [5.41, 5.74) is 1.22. The topological polar surface area (TPSA) is 50.7 Å². The molecule has 0 radical (unpaired) electrons. The van der Waals surface area contributed by atoms with Crippen LogP contribution in [0.3, 0.4) is 0 Å². The van der Waals surface area contributed by atoms with E-state index in [1.54, 1.807) is 0 Å². The van der Waals surface area contributed by atoms with Crippen LogP contribution < -0.4 is 14.8 Å². The van der Waals surface area contributed by atoms with Crippen LogP contribution in [0.15, 0.2) is 18.2 Å². The van der Waals surface area contributed by atoms with Crippen LogP contribution in [0.25, 0.3) is 0 Å². The Kier molecular flexibility index (Phi) is 4.13. The fourth-order valence-corrected chi connectivity index (χ4v) is 3.25. The van der Waals surface area contributed by atoms with E-state index in [1.807, 2.05) is 12.1 Å². The minimum absolute atomic E-state index is 0.0895. The zero-order valence-corrected chi connectivity index (χ0v) is 11.9. The van der Waals surface area contributed by atoms with E-state index in [1.165, 1.54) is 12.8 Å². The number of ether oxygens (including phenoxy) is 2. The number of aliphatic hydroxyl groups is 1. The molecule has 0 saturated heterocycles. The Balaban J connectivity index is 1.61. The number of nitrogens with one attached hydrogen (secondary N) is 1. The zero-order chi connectivity index (χ0) is 13.8. The lowest BCUT2D eigenvalue weighted by atomic mass is 9.87. The number of benzene rings is 1. The molecule has 0 aromatic heterocycles. The third-order valence-corrected chi connectivity index (χ3v) is 4.46. The molecule has 4 nitrogen and oxygen atoms in total. The predicted molar refractivity (Wildman–Crippen MR) is 77.1 cm³/mol. The van der Waals surface area contributed by atoms with Crippen LogP contribution in [0.4, 0.5) is 0 Å². The maximum Gasteiger partial charge on any atom is 0.165 e.